The molecule has 0 aromatic carbocycles. The smallest absolute Gasteiger partial charge is 0.261 e. The Hall–Kier alpha value is -1.84. The number of hydrogen-bond donors (Lipinski definition) is 2. The van der Waals surface area contributed by atoms with E-state index in [-0.39, 0.29) is 25.0 Å². The highest BCUT2D eigenvalue weighted by Crippen LogP contribution is 2.14. The van der Waals surface area contributed by atoms with Gasteiger partial charge in [-0.25, -0.2) is 0 Å². The first kappa shape index (κ1) is 15.2. The van der Waals surface area contributed by atoms with Crippen molar-refractivity contribution in [1.29, 1.82) is 0 Å². The van der Waals surface area contributed by atoms with Crippen molar-refractivity contribution in [2.24, 2.45) is 0 Å². The number of nitrogens with one attached hydrogen (secondary N) is 1. The molecule has 0 bridgehead atoms. The Labute approximate surface area is 116 Å². The Morgan fingerprint density at radius 3 is 2.84 bits per heavy atom. The highest BCUT2D eigenvalue weighted by molar-refractivity contribution is 7.14. The van der Waals surface area contributed by atoms with Gasteiger partial charge in [0.2, 0.25) is 5.91 Å². The van der Waals surface area contributed by atoms with Crippen molar-refractivity contribution >= 4 is 23.2 Å². The van der Waals surface area contributed by atoms with Crippen molar-refractivity contribution in [3.05, 3.63) is 21.9 Å². The molecule has 2 N–H and O–H groups in total. The summed E-state index contributed by atoms with van der Waals surface area (Å²) in [6.45, 7) is 2.25. The summed E-state index contributed by atoms with van der Waals surface area (Å²) in [6, 6.07) is 3.36. The molecular weight excluding hydrogens is 264 g/mol. The third kappa shape index (κ3) is 4.73. The standard InChI is InChI=1S/C13H16N2O3S/c1-3-15(2)12(17)9-14-13(18)11-7-6-10(19-11)5-4-8-16/h6-7,16H,3,8-9H2,1-2H3,(H,14,18). The van der Waals surface area contributed by atoms with Gasteiger partial charge < -0.3 is 15.3 Å². The second-order valence-electron chi connectivity index (χ2n) is 3.71. The Balaban J connectivity index is 2.54. The summed E-state index contributed by atoms with van der Waals surface area (Å²) in [5.41, 5.74) is 0. The summed E-state index contributed by atoms with van der Waals surface area (Å²) in [7, 11) is 1.68. The minimum atomic E-state index is -0.292. The van der Waals surface area contributed by atoms with Crippen molar-refractivity contribution < 1.29 is 14.7 Å². The Kier molecular flexibility index (Phi) is 6.06. The molecule has 0 aliphatic heterocycles. The minimum absolute atomic E-state index is 0.0152. The van der Waals surface area contributed by atoms with Crippen LogP contribution in [0.3, 0.4) is 0 Å². The lowest BCUT2D eigenvalue weighted by molar-refractivity contribution is -0.128. The van der Waals surface area contributed by atoms with E-state index in [1.165, 1.54) is 16.2 Å². The molecule has 0 spiro atoms. The summed E-state index contributed by atoms with van der Waals surface area (Å²) in [4.78, 5) is 26.0. The number of carbonyl (C=O) groups excluding carboxylic acids is 2. The van der Waals surface area contributed by atoms with Gasteiger partial charge >= 0.3 is 0 Å². The average molecular weight is 280 g/mol. The van der Waals surface area contributed by atoms with Crippen molar-refractivity contribution in [2.45, 2.75) is 6.92 Å². The van der Waals surface area contributed by atoms with Crippen LogP contribution in [0.15, 0.2) is 12.1 Å². The molecule has 0 unspecified atom stereocenters. The quantitative estimate of drug-likeness (QED) is 0.779. The number of carbonyl (C=O) groups is 2. The zero-order chi connectivity index (χ0) is 14.3. The highest BCUT2D eigenvalue weighted by Gasteiger charge is 2.11. The molecule has 0 aliphatic rings. The van der Waals surface area contributed by atoms with E-state index in [4.69, 9.17) is 5.11 Å². The molecule has 5 nitrogen and oxygen atoms in total. The van der Waals surface area contributed by atoms with Crippen molar-refractivity contribution in [3.63, 3.8) is 0 Å². The van der Waals surface area contributed by atoms with E-state index in [0.717, 1.165) is 0 Å². The van der Waals surface area contributed by atoms with Crippen LogP contribution in [0.1, 0.15) is 21.5 Å². The Morgan fingerprint density at radius 2 is 2.21 bits per heavy atom. The lowest BCUT2D eigenvalue weighted by Crippen LogP contribution is -2.37. The molecule has 1 aromatic rings. The highest BCUT2D eigenvalue weighted by atomic mass is 32.1. The van der Waals surface area contributed by atoms with Crippen LogP contribution in [0.5, 0.6) is 0 Å². The van der Waals surface area contributed by atoms with E-state index in [1.54, 1.807) is 19.2 Å². The van der Waals surface area contributed by atoms with Crippen LogP contribution in [0, 0.1) is 11.8 Å². The predicted octanol–water partition coefficient (Wildman–Crippen LogP) is 0.300. The summed E-state index contributed by atoms with van der Waals surface area (Å²) in [6.07, 6.45) is 0. The second kappa shape index (κ2) is 7.56. The molecule has 0 saturated heterocycles. The molecule has 0 atom stereocenters. The van der Waals surface area contributed by atoms with Crippen LogP contribution in [0.4, 0.5) is 0 Å². The Bertz CT molecular complexity index is 513. The monoisotopic (exact) mass is 280 g/mol. The number of hydrogen-bond acceptors (Lipinski definition) is 4. The maximum Gasteiger partial charge on any atom is 0.261 e. The number of aliphatic hydroxyl groups is 1. The average Bonchev–Trinajstić information content (AvgIpc) is 2.89. The van der Waals surface area contributed by atoms with Gasteiger partial charge in [-0.2, -0.15) is 0 Å². The number of nitrogens with zero attached hydrogens (tertiary/aromatic N) is 1. The van der Waals surface area contributed by atoms with Gasteiger partial charge in [0.1, 0.15) is 6.61 Å². The largest absolute Gasteiger partial charge is 0.384 e. The maximum atomic E-state index is 11.8. The van der Waals surface area contributed by atoms with Gasteiger partial charge in [-0.05, 0) is 19.1 Å². The number of likely N-dealkylation sites (N-methyl/N-ethyl adjacent to an activating group) is 1. The van der Waals surface area contributed by atoms with E-state index in [2.05, 4.69) is 17.2 Å². The second-order valence-corrected chi connectivity index (χ2v) is 4.80. The van der Waals surface area contributed by atoms with Crippen LogP contribution >= 0.6 is 11.3 Å². The topological polar surface area (TPSA) is 69.6 Å². The van der Waals surface area contributed by atoms with Crippen molar-refractivity contribution in [3.8, 4) is 11.8 Å². The van der Waals surface area contributed by atoms with E-state index in [9.17, 15) is 9.59 Å². The predicted molar refractivity (Wildman–Crippen MR) is 73.9 cm³/mol. The molecule has 1 aromatic heterocycles. The van der Waals surface area contributed by atoms with E-state index in [0.29, 0.717) is 16.3 Å². The summed E-state index contributed by atoms with van der Waals surface area (Å²) in [5, 5.41) is 11.1. The fourth-order valence-corrected chi connectivity index (χ4v) is 2.01. The van der Waals surface area contributed by atoms with Gasteiger partial charge in [-0.15, -0.1) is 11.3 Å². The lowest BCUT2D eigenvalue weighted by Gasteiger charge is -2.14. The third-order valence-electron chi connectivity index (χ3n) is 2.42. The van der Waals surface area contributed by atoms with Crippen LogP contribution in [0.25, 0.3) is 0 Å². The van der Waals surface area contributed by atoms with Gasteiger partial charge in [-0.1, -0.05) is 11.8 Å². The molecule has 0 saturated carbocycles. The zero-order valence-corrected chi connectivity index (χ0v) is 11.7. The zero-order valence-electron chi connectivity index (χ0n) is 10.9. The normalized spacial score (nSPS) is 9.42. The van der Waals surface area contributed by atoms with Crippen molar-refractivity contribution in [2.75, 3.05) is 26.7 Å². The summed E-state index contributed by atoms with van der Waals surface area (Å²) in [5.74, 6) is 4.81. The fraction of sp³-hybridized carbons (Fsp3) is 0.385. The molecule has 1 heterocycles. The van der Waals surface area contributed by atoms with Crippen LogP contribution in [-0.4, -0.2) is 48.6 Å². The van der Waals surface area contributed by atoms with Crippen LogP contribution < -0.4 is 5.32 Å². The van der Waals surface area contributed by atoms with Crippen molar-refractivity contribution in [1.82, 2.24) is 10.2 Å². The molecule has 102 valence electrons. The molecule has 0 aliphatic carbocycles. The van der Waals surface area contributed by atoms with Gasteiger partial charge in [0.05, 0.1) is 16.3 Å². The summed E-state index contributed by atoms with van der Waals surface area (Å²) >= 11 is 1.23. The maximum absolute atomic E-state index is 11.8. The van der Waals surface area contributed by atoms with Gasteiger partial charge in [0.15, 0.2) is 0 Å². The number of thiophene rings is 1. The molecule has 19 heavy (non-hydrogen) atoms. The van der Waals surface area contributed by atoms with Crippen LogP contribution in [-0.2, 0) is 4.79 Å². The minimum Gasteiger partial charge on any atom is -0.384 e. The number of rotatable bonds is 4. The Morgan fingerprint density at radius 1 is 1.47 bits per heavy atom. The number of amides is 2. The molecule has 0 fully saturated rings. The van der Waals surface area contributed by atoms with Gasteiger partial charge in [0, 0.05) is 13.6 Å². The molecule has 1 rings (SSSR count). The van der Waals surface area contributed by atoms with Gasteiger partial charge in [-0.3, -0.25) is 9.59 Å². The number of aliphatic hydroxyl groups excluding tert-OH is 1. The molecule has 6 heteroatoms. The lowest BCUT2D eigenvalue weighted by atomic mass is 10.4. The molecule has 2 amide bonds. The third-order valence-corrected chi connectivity index (χ3v) is 3.42. The molecular formula is C13H16N2O3S. The van der Waals surface area contributed by atoms with Gasteiger partial charge in [0.25, 0.3) is 5.91 Å². The van der Waals surface area contributed by atoms with E-state index >= 15 is 0 Å². The van der Waals surface area contributed by atoms with E-state index in [1.807, 2.05) is 6.92 Å². The SMILES string of the molecule is CCN(C)C(=O)CNC(=O)c1ccc(C#CCO)s1. The van der Waals surface area contributed by atoms with E-state index < -0.39 is 0 Å². The van der Waals surface area contributed by atoms with Crippen LogP contribution in [0.2, 0.25) is 0 Å². The first-order valence-electron chi connectivity index (χ1n) is 5.80. The first-order valence-corrected chi connectivity index (χ1v) is 6.61. The fourth-order valence-electron chi connectivity index (χ4n) is 1.21. The summed E-state index contributed by atoms with van der Waals surface area (Å²) < 4.78 is 0. The molecule has 0 radical (unpaired) electrons. The first-order chi connectivity index (χ1) is 9.08.